The Morgan fingerprint density at radius 1 is 1.06 bits per heavy atom. The van der Waals surface area contributed by atoms with Crippen LogP contribution in [-0.4, -0.2) is 33.5 Å². The second kappa shape index (κ2) is 9.44. The first-order valence-electron chi connectivity index (χ1n) is 10.7. The van der Waals surface area contributed by atoms with E-state index in [1.54, 1.807) is 26.0 Å². The summed E-state index contributed by atoms with van der Waals surface area (Å²) in [6, 6.07) is 14.7. The third kappa shape index (κ3) is 4.30. The molecule has 0 atom stereocenters. The van der Waals surface area contributed by atoms with Gasteiger partial charge in [0.1, 0.15) is 12.5 Å². The molecular weight excluding hydrogens is 428 g/mol. The van der Waals surface area contributed by atoms with Crippen molar-refractivity contribution in [1.82, 2.24) is 5.16 Å². The number of anilines is 1. The van der Waals surface area contributed by atoms with E-state index in [0.29, 0.717) is 23.5 Å². The molecule has 1 aliphatic rings. The maximum Gasteiger partial charge on any atom is 0.268 e. The van der Waals surface area contributed by atoms with Crippen molar-refractivity contribution >= 4 is 15.8 Å². The molecule has 2 aromatic carbocycles. The lowest BCUT2D eigenvalue weighted by atomic mass is 9.96. The van der Waals surface area contributed by atoms with Crippen LogP contribution in [0.3, 0.4) is 0 Å². The number of rotatable bonds is 9. The van der Waals surface area contributed by atoms with Gasteiger partial charge in [-0.2, -0.15) is 0 Å². The van der Waals surface area contributed by atoms with Gasteiger partial charge in [-0.1, -0.05) is 47.6 Å². The van der Waals surface area contributed by atoms with E-state index in [4.69, 9.17) is 14.0 Å². The van der Waals surface area contributed by atoms with Crippen LogP contribution in [0.25, 0.3) is 11.1 Å². The van der Waals surface area contributed by atoms with Crippen LogP contribution in [0, 0.1) is 13.8 Å². The van der Waals surface area contributed by atoms with Crippen LogP contribution in [0.2, 0.25) is 0 Å². The van der Waals surface area contributed by atoms with Gasteiger partial charge in [-0.15, -0.1) is 0 Å². The Balaban J connectivity index is 1.77. The monoisotopic (exact) mass is 456 g/mol. The molecule has 0 aliphatic heterocycles. The van der Waals surface area contributed by atoms with E-state index in [0.717, 1.165) is 28.3 Å². The fraction of sp³-hybridized carbons (Fsp3) is 0.375. The summed E-state index contributed by atoms with van der Waals surface area (Å²) < 4.78 is 45.3. The summed E-state index contributed by atoms with van der Waals surface area (Å²) in [5, 5.41) is 3.98. The lowest BCUT2D eigenvalue weighted by Crippen LogP contribution is -2.34. The molecule has 0 unspecified atom stereocenters. The van der Waals surface area contributed by atoms with Gasteiger partial charge in [-0.05, 0) is 50.3 Å². The maximum absolute atomic E-state index is 13.8. The fourth-order valence-electron chi connectivity index (χ4n) is 3.69. The van der Waals surface area contributed by atoms with Crippen molar-refractivity contribution in [2.45, 2.75) is 50.7 Å². The molecule has 32 heavy (non-hydrogen) atoms. The molecule has 1 aliphatic carbocycles. The van der Waals surface area contributed by atoms with Crippen LogP contribution >= 0.6 is 0 Å². The Morgan fingerprint density at radius 3 is 2.38 bits per heavy atom. The molecule has 0 bridgehead atoms. The molecular formula is C24H28N2O5S. The molecule has 1 fully saturated rings. The Bertz CT molecular complexity index is 1180. The van der Waals surface area contributed by atoms with Crippen LogP contribution in [0.5, 0.6) is 0 Å². The molecule has 1 aromatic heterocycles. The first-order chi connectivity index (χ1) is 15.4. The molecule has 0 amide bonds. The lowest BCUT2D eigenvalue weighted by Gasteiger charge is -2.26. The number of benzene rings is 2. The zero-order valence-electron chi connectivity index (χ0n) is 18.6. The van der Waals surface area contributed by atoms with Crippen LogP contribution in [0.4, 0.5) is 5.82 Å². The fourth-order valence-corrected chi connectivity index (χ4v) is 5.27. The Labute approximate surface area is 189 Å². The minimum atomic E-state index is -4.00. The van der Waals surface area contributed by atoms with E-state index in [2.05, 4.69) is 5.16 Å². The van der Waals surface area contributed by atoms with Crippen molar-refractivity contribution in [3.8, 4) is 11.1 Å². The SMILES string of the molecule is COCN(c1noc(C)c1C)S(=O)(=O)c1ccccc1-c1ccccc1COC1CCC1. The van der Waals surface area contributed by atoms with Gasteiger partial charge >= 0.3 is 0 Å². The van der Waals surface area contributed by atoms with Crippen molar-refractivity contribution in [1.29, 1.82) is 0 Å². The van der Waals surface area contributed by atoms with Gasteiger partial charge in [0, 0.05) is 18.2 Å². The summed E-state index contributed by atoms with van der Waals surface area (Å²) in [6.07, 6.45) is 3.65. The highest BCUT2D eigenvalue weighted by Gasteiger charge is 2.32. The van der Waals surface area contributed by atoms with Gasteiger partial charge in [0.2, 0.25) is 0 Å². The quantitative estimate of drug-likeness (QED) is 0.429. The molecule has 7 nitrogen and oxygen atoms in total. The van der Waals surface area contributed by atoms with E-state index in [-0.39, 0.29) is 23.5 Å². The normalized spacial score (nSPS) is 14.3. The van der Waals surface area contributed by atoms with E-state index >= 15 is 0 Å². The highest BCUT2D eigenvalue weighted by Crippen LogP contribution is 2.35. The van der Waals surface area contributed by atoms with Crippen molar-refractivity contribution in [3.63, 3.8) is 0 Å². The predicted octanol–water partition coefficient (Wildman–Crippen LogP) is 4.83. The highest BCUT2D eigenvalue weighted by atomic mass is 32.2. The summed E-state index contributed by atoms with van der Waals surface area (Å²) >= 11 is 0. The van der Waals surface area contributed by atoms with E-state index in [9.17, 15) is 8.42 Å². The molecule has 0 spiro atoms. The molecule has 0 N–H and O–H groups in total. The van der Waals surface area contributed by atoms with Gasteiger partial charge in [0.05, 0.1) is 17.6 Å². The number of aryl methyl sites for hydroxylation is 1. The second-order valence-corrected chi connectivity index (χ2v) is 9.81. The molecule has 3 aromatic rings. The third-order valence-corrected chi connectivity index (χ3v) is 7.67. The molecule has 0 saturated heterocycles. The molecule has 170 valence electrons. The summed E-state index contributed by atoms with van der Waals surface area (Å²) in [5.74, 6) is 0.781. The van der Waals surface area contributed by atoms with Gasteiger partial charge in [-0.25, -0.2) is 12.7 Å². The van der Waals surface area contributed by atoms with Crippen LogP contribution in [-0.2, 0) is 26.1 Å². The Kier molecular flexibility index (Phi) is 6.64. The standard InChI is InChI=1S/C24H28N2O5S/c1-17-18(2)31-25-24(17)26(16-29-3)32(27,28)23-14-7-6-13-22(23)21-12-5-4-9-19(21)15-30-20-10-8-11-20/h4-7,9,12-14,20H,8,10-11,15-16H2,1-3H3. The molecule has 4 rings (SSSR count). The minimum absolute atomic E-state index is 0.174. The first-order valence-corrected chi connectivity index (χ1v) is 12.1. The minimum Gasteiger partial charge on any atom is -0.374 e. The van der Waals surface area contributed by atoms with Crippen LogP contribution in [0.15, 0.2) is 57.9 Å². The van der Waals surface area contributed by atoms with Gasteiger partial charge in [-0.3, -0.25) is 0 Å². The number of sulfonamides is 1. The predicted molar refractivity (Wildman–Crippen MR) is 122 cm³/mol. The van der Waals surface area contributed by atoms with Crippen molar-refractivity contribution in [2.75, 3.05) is 18.1 Å². The van der Waals surface area contributed by atoms with E-state index in [1.165, 1.54) is 13.5 Å². The number of aromatic nitrogens is 1. The van der Waals surface area contributed by atoms with Gasteiger partial charge in [0.25, 0.3) is 10.0 Å². The summed E-state index contributed by atoms with van der Waals surface area (Å²) in [6.45, 7) is 3.78. The van der Waals surface area contributed by atoms with Gasteiger partial charge in [0.15, 0.2) is 5.82 Å². The average Bonchev–Trinajstić information content (AvgIpc) is 3.09. The van der Waals surface area contributed by atoms with Crippen molar-refractivity contribution in [3.05, 3.63) is 65.4 Å². The number of hydrogen-bond donors (Lipinski definition) is 0. The lowest BCUT2D eigenvalue weighted by molar-refractivity contribution is -0.00847. The van der Waals surface area contributed by atoms with Crippen molar-refractivity contribution in [2.24, 2.45) is 0 Å². The zero-order valence-corrected chi connectivity index (χ0v) is 19.4. The maximum atomic E-state index is 13.8. The Morgan fingerprint density at radius 2 is 1.75 bits per heavy atom. The highest BCUT2D eigenvalue weighted by molar-refractivity contribution is 7.93. The van der Waals surface area contributed by atoms with Gasteiger partial charge < -0.3 is 14.0 Å². The molecule has 1 heterocycles. The summed E-state index contributed by atoms with van der Waals surface area (Å²) in [5.41, 5.74) is 3.04. The topological polar surface area (TPSA) is 81.9 Å². The number of ether oxygens (including phenoxy) is 2. The Hall–Kier alpha value is -2.68. The summed E-state index contributed by atoms with van der Waals surface area (Å²) in [7, 11) is -2.55. The molecule has 1 saturated carbocycles. The second-order valence-electron chi connectivity index (χ2n) is 7.98. The molecule has 0 radical (unpaired) electrons. The van der Waals surface area contributed by atoms with E-state index in [1.807, 2.05) is 36.4 Å². The third-order valence-electron chi connectivity index (χ3n) is 5.90. The van der Waals surface area contributed by atoms with Crippen LogP contribution in [0.1, 0.15) is 36.1 Å². The van der Waals surface area contributed by atoms with Crippen molar-refractivity contribution < 1.29 is 22.4 Å². The average molecular weight is 457 g/mol. The largest absolute Gasteiger partial charge is 0.374 e. The summed E-state index contributed by atoms with van der Waals surface area (Å²) in [4.78, 5) is 0.174. The van der Waals surface area contributed by atoms with E-state index < -0.39 is 10.0 Å². The smallest absolute Gasteiger partial charge is 0.268 e. The zero-order chi connectivity index (χ0) is 22.7. The van der Waals surface area contributed by atoms with Crippen LogP contribution < -0.4 is 4.31 Å². The first kappa shape index (κ1) is 22.5. The number of hydrogen-bond acceptors (Lipinski definition) is 6. The molecule has 8 heteroatoms. The number of methoxy groups -OCH3 is 1. The number of nitrogens with zero attached hydrogens (tertiary/aromatic N) is 2.